The van der Waals surface area contributed by atoms with Gasteiger partial charge in [0, 0.05) is 24.6 Å². The molecule has 6 heteroatoms. The summed E-state index contributed by atoms with van der Waals surface area (Å²) in [5.74, 6) is 1.63. The number of rotatable bonds is 7. The molecule has 4 aromatic rings. The Hall–Kier alpha value is -3.64. The summed E-state index contributed by atoms with van der Waals surface area (Å²) in [6.45, 7) is 7.22. The first-order chi connectivity index (χ1) is 16.9. The second-order valence-electron chi connectivity index (χ2n) is 9.47. The SMILES string of the molecule is Cc1ccc(OCC(O)Cn2c(C3CC(=O)N(c4ccccc4C)C3)nc3ccccc32)cc1C. The maximum absolute atomic E-state index is 13.0. The van der Waals surface area contributed by atoms with Gasteiger partial charge in [-0.15, -0.1) is 0 Å². The molecule has 0 saturated carbocycles. The molecule has 0 aliphatic carbocycles. The van der Waals surface area contributed by atoms with Crippen molar-refractivity contribution in [2.75, 3.05) is 18.1 Å². The molecule has 2 heterocycles. The molecule has 2 atom stereocenters. The van der Waals surface area contributed by atoms with E-state index in [1.165, 1.54) is 5.56 Å². The zero-order valence-electron chi connectivity index (χ0n) is 20.4. The molecule has 3 aromatic carbocycles. The van der Waals surface area contributed by atoms with Crippen LogP contribution >= 0.6 is 0 Å². The molecule has 1 aromatic heterocycles. The van der Waals surface area contributed by atoms with Crippen molar-refractivity contribution in [3.63, 3.8) is 0 Å². The van der Waals surface area contributed by atoms with Crippen molar-refractivity contribution in [1.29, 1.82) is 0 Å². The average molecular weight is 470 g/mol. The molecule has 6 nitrogen and oxygen atoms in total. The van der Waals surface area contributed by atoms with Gasteiger partial charge in [0.1, 0.15) is 24.3 Å². The third-order valence-corrected chi connectivity index (χ3v) is 6.89. The third-order valence-electron chi connectivity index (χ3n) is 6.89. The number of aryl methyl sites for hydroxylation is 3. The van der Waals surface area contributed by atoms with Gasteiger partial charge in [-0.1, -0.05) is 36.4 Å². The lowest BCUT2D eigenvalue weighted by molar-refractivity contribution is -0.117. The Bertz CT molecular complexity index is 1380. The Balaban J connectivity index is 1.38. The number of hydrogen-bond acceptors (Lipinski definition) is 4. The van der Waals surface area contributed by atoms with E-state index in [-0.39, 0.29) is 18.4 Å². The average Bonchev–Trinajstić information content (AvgIpc) is 3.41. The summed E-state index contributed by atoms with van der Waals surface area (Å²) in [6, 6.07) is 21.8. The molecular formula is C29H31N3O3. The molecule has 5 rings (SSSR count). The zero-order valence-corrected chi connectivity index (χ0v) is 20.4. The number of aromatic nitrogens is 2. The van der Waals surface area contributed by atoms with Crippen molar-refractivity contribution >= 4 is 22.6 Å². The van der Waals surface area contributed by atoms with Crippen LogP contribution in [0.5, 0.6) is 5.75 Å². The van der Waals surface area contributed by atoms with Crippen LogP contribution in [0.1, 0.15) is 34.9 Å². The third kappa shape index (κ3) is 4.66. The fourth-order valence-corrected chi connectivity index (χ4v) is 4.84. The van der Waals surface area contributed by atoms with Crippen molar-refractivity contribution in [1.82, 2.24) is 9.55 Å². The first kappa shape index (κ1) is 23.1. The highest BCUT2D eigenvalue weighted by Crippen LogP contribution is 2.34. The van der Waals surface area contributed by atoms with Crippen LogP contribution in [-0.4, -0.2) is 39.8 Å². The molecule has 0 spiro atoms. The molecule has 1 N–H and O–H groups in total. The monoisotopic (exact) mass is 469 g/mol. The molecule has 35 heavy (non-hydrogen) atoms. The number of amides is 1. The highest BCUT2D eigenvalue weighted by Gasteiger charge is 2.35. The zero-order chi connectivity index (χ0) is 24.5. The van der Waals surface area contributed by atoms with E-state index in [2.05, 4.69) is 11.5 Å². The molecule has 1 aliphatic heterocycles. The van der Waals surface area contributed by atoms with E-state index in [1.807, 2.05) is 85.5 Å². The Morgan fingerprint density at radius 1 is 1.00 bits per heavy atom. The second kappa shape index (κ2) is 9.55. The van der Waals surface area contributed by atoms with Crippen molar-refractivity contribution in [2.45, 2.75) is 45.8 Å². The lowest BCUT2D eigenvalue weighted by Crippen LogP contribution is -2.27. The molecule has 2 unspecified atom stereocenters. The molecule has 0 bridgehead atoms. The molecule has 1 saturated heterocycles. The standard InChI is InChI=1S/C29H31N3O3/c1-19-12-13-24(14-21(19)3)35-18-23(33)17-32-27-11-7-5-9-25(27)30-29(32)22-15-28(34)31(16-22)26-10-6-4-8-20(26)2/h4-14,22-23,33H,15-18H2,1-3H3. The topological polar surface area (TPSA) is 67.6 Å². The number of ether oxygens (including phenoxy) is 1. The number of hydrogen-bond donors (Lipinski definition) is 1. The predicted molar refractivity (Wildman–Crippen MR) is 138 cm³/mol. The van der Waals surface area contributed by atoms with E-state index >= 15 is 0 Å². The van der Waals surface area contributed by atoms with E-state index in [0.29, 0.717) is 19.5 Å². The number of imidazole rings is 1. The van der Waals surface area contributed by atoms with Crippen LogP contribution in [0.4, 0.5) is 5.69 Å². The summed E-state index contributed by atoms with van der Waals surface area (Å²) in [6.07, 6.45) is -0.329. The number of fused-ring (bicyclic) bond motifs is 1. The minimum atomic E-state index is -0.724. The maximum atomic E-state index is 13.0. The summed E-state index contributed by atoms with van der Waals surface area (Å²) in [4.78, 5) is 19.8. The quantitative estimate of drug-likeness (QED) is 0.417. The predicted octanol–water partition coefficient (Wildman–Crippen LogP) is 4.92. The fourth-order valence-electron chi connectivity index (χ4n) is 4.84. The lowest BCUT2D eigenvalue weighted by atomic mass is 10.1. The molecular weight excluding hydrogens is 438 g/mol. The number of para-hydroxylation sites is 3. The Labute approximate surface area is 205 Å². The molecule has 0 radical (unpaired) electrons. The van der Waals surface area contributed by atoms with Crippen LogP contribution in [0.2, 0.25) is 0 Å². The number of benzene rings is 3. The Kier molecular flexibility index (Phi) is 6.31. The number of carbonyl (C=O) groups excluding carboxylic acids is 1. The summed E-state index contributed by atoms with van der Waals surface area (Å²) in [5, 5.41) is 10.9. The normalized spacial score (nSPS) is 16.7. The van der Waals surface area contributed by atoms with Crippen LogP contribution in [0, 0.1) is 20.8 Å². The second-order valence-corrected chi connectivity index (χ2v) is 9.47. The molecule has 1 fully saturated rings. The van der Waals surface area contributed by atoms with Gasteiger partial charge in [-0.3, -0.25) is 4.79 Å². The number of aliphatic hydroxyl groups is 1. The summed E-state index contributed by atoms with van der Waals surface area (Å²) in [5.41, 5.74) is 6.21. The van der Waals surface area contributed by atoms with Crippen molar-refractivity contribution in [3.8, 4) is 5.75 Å². The minimum Gasteiger partial charge on any atom is -0.491 e. The van der Waals surface area contributed by atoms with Crippen LogP contribution < -0.4 is 9.64 Å². The van der Waals surface area contributed by atoms with Gasteiger partial charge < -0.3 is 19.3 Å². The van der Waals surface area contributed by atoms with Gasteiger partial charge in [-0.2, -0.15) is 0 Å². The van der Waals surface area contributed by atoms with Gasteiger partial charge in [0.25, 0.3) is 0 Å². The highest BCUT2D eigenvalue weighted by atomic mass is 16.5. The fraction of sp³-hybridized carbons (Fsp3) is 0.310. The van der Waals surface area contributed by atoms with Crippen LogP contribution in [0.25, 0.3) is 11.0 Å². The number of nitrogens with zero attached hydrogens (tertiary/aromatic N) is 3. The molecule has 180 valence electrons. The highest BCUT2D eigenvalue weighted by molar-refractivity contribution is 5.97. The number of anilines is 1. The summed E-state index contributed by atoms with van der Waals surface area (Å²) in [7, 11) is 0. The van der Waals surface area contributed by atoms with Gasteiger partial charge in [0.2, 0.25) is 5.91 Å². The molecule has 1 amide bonds. The van der Waals surface area contributed by atoms with E-state index in [0.717, 1.165) is 39.4 Å². The van der Waals surface area contributed by atoms with Gasteiger partial charge in [-0.25, -0.2) is 4.98 Å². The van der Waals surface area contributed by atoms with E-state index < -0.39 is 6.10 Å². The Morgan fingerprint density at radius 2 is 1.77 bits per heavy atom. The summed E-state index contributed by atoms with van der Waals surface area (Å²) >= 11 is 0. The summed E-state index contributed by atoms with van der Waals surface area (Å²) < 4.78 is 7.95. The first-order valence-electron chi connectivity index (χ1n) is 12.1. The maximum Gasteiger partial charge on any atom is 0.227 e. The van der Waals surface area contributed by atoms with Gasteiger partial charge in [0.05, 0.1) is 17.6 Å². The van der Waals surface area contributed by atoms with Crippen molar-refractivity contribution < 1.29 is 14.6 Å². The van der Waals surface area contributed by atoms with E-state index in [1.54, 1.807) is 0 Å². The van der Waals surface area contributed by atoms with E-state index in [9.17, 15) is 9.90 Å². The van der Waals surface area contributed by atoms with Crippen molar-refractivity contribution in [2.24, 2.45) is 0 Å². The van der Waals surface area contributed by atoms with Crippen LogP contribution in [-0.2, 0) is 11.3 Å². The van der Waals surface area contributed by atoms with Gasteiger partial charge >= 0.3 is 0 Å². The molecule has 1 aliphatic rings. The number of carbonyl (C=O) groups is 1. The Morgan fingerprint density at radius 3 is 2.57 bits per heavy atom. The van der Waals surface area contributed by atoms with Crippen LogP contribution in [0.15, 0.2) is 66.7 Å². The van der Waals surface area contributed by atoms with Crippen LogP contribution in [0.3, 0.4) is 0 Å². The smallest absolute Gasteiger partial charge is 0.227 e. The minimum absolute atomic E-state index is 0.0534. The van der Waals surface area contributed by atoms with Gasteiger partial charge in [0.15, 0.2) is 0 Å². The number of aliphatic hydroxyl groups excluding tert-OH is 1. The van der Waals surface area contributed by atoms with E-state index in [4.69, 9.17) is 9.72 Å². The van der Waals surface area contributed by atoms with Crippen molar-refractivity contribution in [3.05, 3.63) is 89.2 Å². The lowest BCUT2D eigenvalue weighted by Gasteiger charge is -2.20. The van der Waals surface area contributed by atoms with Gasteiger partial charge in [-0.05, 0) is 67.8 Å². The largest absolute Gasteiger partial charge is 0.491 e. The first-order valence-corrected chi connectivity index (χ1v) is 12.1.